The van der Waals surface area contributed by atoms with E-state index in [4.69, 9.17) is 0 Å². The van der Waals surface area contributed by atoms with Crippen LogP contribution in [0.25, 0.3) is 0 Å². The standard InChI is InChI=1S/C27H44O4/c1-19(2)10-8-11-22(7)12-9-13-23-14-15-26(24(28)29,16-20(3)4)27(18-23,25(30)31)17-21(5)6/h10,12,14,20-21H,8-9,11,13,15-18H2,1-7H3,(H,28,29)(H,30,31). The van der Waals surface area contributed by atoms with Crippen LogP contribution in [0.1, 0.15) is 99.8 Å². The zero-order valence-electron chi connectivity index (χ0n) is 20.8. The summed E-state index contributed by atoms with van der Waals surface area (Å²) in [5, 5.41) is 20.7. The maximum absolute atomic E-state index is 12.7. The Balaban J connectivity index is 3.14. The van der Waals surface area contributed by atoms with Crippen molar-refractivity contribution in [1.82, 2.24) is 0 Å². The Hall–Kier alpha value is -1.84. The minimum absolute atomic E-state index is 0.110. The lowest BCUT2D eigenvalue weighted by Crippen LogP contribution is -2.55. The highest BCUT2D eigenvalue weighted by molar-refractivity contribution is 5.87. The summed E-state index contributed by atoms with van der Waals surface area (Å²) in [6.07, 6.45) is 11.7. The topological polar surface area (TPSA) is 74.6 Å². The van der Waals surface area contributed by atoms with E-state index in [0.29, 0.717) is 25.7 Å². The Morgan fingerprint density at radius 2 is 1.48 bits per heavy atom. The quantitative estimate of drug-likeness (QED) is 0.315. The van der Waals surface area contributed by atoms with Crippen molar-refractivity contribution in [1.29, 1.82) is 0 Å². The summed E-state index contributed by atoms with van der Waals surface area (Å²) in [7, 11) is 0. The Kier molecular flexibility index (Phi) is 10.3. The molecule has 4 heteroatoms. The molecule has 2 atom stereocenters. The molecule has 0 bridgehead atoms. The summed E-state index contributed by atoms with van der Waals surface area (Å²) < 4.78 is 0. The summed E-state index contributed by atoms with van der Waals surface area (Å²) in [6, 6.07) is 0. The third-order valence-corrected chi connectivity index (χ3v) is 6.57. The lowest BCUT2D eigenvalue weighted by atomic mass is 9.51. The first-order chi connectivity index (χ1) is 14.4. The highest BCUT2D eigenvalue weighted by atomic mass is 16.4. The highest BCUT2D eigenvalue weighted by Crippen LogP contribution is 2.57. The van der Waals surface area contributed by atoms with Gasteiger partial charge in [0.1, 0.15) is 0 Å². The van der Waals surface area contributed by atoms with Crippen LogP contribution in [0, 0.1) is 22.7 Å². The number of rotatable bonds is 12. The molecule has 176 valence electrons. The molecule has 0 aliphatic heterocycles. The fourth-order valence-corrected chi connectivity index (χ4v) is 5.21. The lowest BCUT2D eigenvalue weighted by molar-refractivity contribution is -0.179. The molecule has 1 aliphatic carbocycles. The number of carboxylic acids is 2. The lowest BCUT2D eigenvalue weighted by Gasteiger charge is -2.49. The average molecular weight is 433 g/mol. The summed E-state index contributed by atoms with van der Waals surface area (Å²) in [5.41, 5.74) is 1.26. The molecule has 2 unspecified atom stereocenters. The summed E-state index contributed by atoms with van der Waals surface area (Å²) in [5.74, 6) is -1.69. The van der Waals surface area contributed by atoms with E-state index in [0.717, 1.165) is 31.3 Å². The van der Waals surface area contributed by atoms with Crippen LogP contribution in [0.5, 0.6) is 0 Å². The average Bonchev–Trinajstić information content (AvgIpc) is 2.62. The summed E-state index contributed by atoms with van der Waals surface area (Å²) in [4.78, 5) is 25.3. The first-order valence-electron chi connectivity index (χ1n) is 11.8. The molecule has 2 N–H and O–H groups in total. The molecule has 0 spiro atoms. The molecule has 0 fully saturated rings. The fourth-order valence-electron chi connectivity index (χ4n) is 5.21. The number of aliphatic carboxylic acids is 2. The molecule has 1 rings (SSSR count). The van der Waals surface area contributed by atoms with Gasteiger partial charge in [-0.2, -0.15) is 0 Å². The number of carbonyl (C=O) groups is 2. The summed E-state index contributed by atoms with van der Waals surface area (Å²) in [6.45, 7) is 14.3. The van der Waals surface area contributed by atoms with Crippen LogP contribution in [0.2, 0.25) is 0 Å². The van der Waals surface area contributed by atoms with Gasteiger partial charge in [-0.15, -0.1) is 0 Å². The summed E-state index contributed by atoms with van der Waals surface area (Å²) >= 11 is 0. The van der Waals surface area contributed by atoms with Gasteiger partial charge in [0.05, 0.1) is 10.8 Å². The molecule has 1 aliphatic rings. The van der Waals surface area contributed by atoms with Crippen molar-refractivity contribution in [3.63, 3.8) is 0 Å². The van der Waals surface area contributed by atoms with Crippen LogP contribution in [-0.2, 0) is 9.59 Å². The zero-order valence-corrected chi connectivity index (χ0v) is 20.8. The van der Waals surface area contributed by atoms with E-state index in [9.17, 15) is 19.8 Å². The van der Waals surface area contributed by atoms with Crippen LogP contribution in [0.3, 0.4) is 0 Å². The van der Waals surface area contributed by atoms with Crippen molar-refractivity contribution in [3.8, 4) is 0 Å². The third kappa shape index (κ3) is 7.08. The van der Waals surface area contributed by atoms with Crippen LogP contribution in [0.4, 0.5) is 0 Å². The fraction of sp³-hybridized carbons (Fsp3) is 0.704. The van der Waals surface area contributed by atoms with Crippen molar-refractivity contribution in [3.05, 3.63) is 34.9 Å². The van der Waals surface area contributed by atoms with E-state index in [1.165, 1.54) is 11.1 Å². The Morgan fingerprint density at radius 3 is 1.97 bits per heavy atom. The van der Waals surface area contributed by atoms with Gasteiger partial charge >= 0.3 is 11.9 Å². The van der Waals surface area contributed by atoms with E-state index < -0.39 is 22.8 Å². The smallest absolute Gasteiger partial charge is 0.311 e. The maximum atomic E-state index is 12.7. The molecule has 0 aromatic carbocycles. The van der Waals surface area contributed by atoms with Gasteiger partial charge in [-0.1, -0.05) is 62.6 Å². The number of hydrogen-bond donors (Lipinski definition) is 2. The van der Waals surface area contributed by atoms with Gasteiger partial charge in [0, 0.05) is 0 Å². The molecule has 0 saturated carbocycles. The number of carboxylic acid groups (broad SMARTS) is 2. The molecule has 0 aromatic heterocycles. The normalized spacial score (nSPS) is 24.3. The minimum atomic E-state index is -1.26. The molecule has 0 radical (unpaired) electrons. The molecule has 31 heavy (non-hydrogen) atoms. The van der Waals surface area contributed by atoms with Crippen molar-refractivity contribution in [2.75, 3.05) is 0 Å². The van der Waals surface area contributed by atoms with Crippen molar-refractivity contribution >= 4 is 11.9 Å². The van der Waals surface area contributed by atoms with Crippen LogP contribution < -0.4 is 0 Å². The first-order valence-corrected chi connectivity index (χ1v) is 11.8. The minimum Gasteiger partial charge on any atom is -0.481 e. The molecule has 0 saturated heterocycles. The number of allylic oxidation sites excluding steroid dienone is 6. The second-order valence-electron chi connectivity index (χ2n) is 10.6. The number of hydrogen-bond acceptors (Lipinski definition) is 2. The maximum Gasteiger partial charge on any atom is 0.311 e. The van der Waals surface area contributed by atoms with Crippen molar-refractivity contribution in [2.45, 2.75) is 99.8 Å². The zero-order chi connectivity index (χ0) is 23.8. The van der Waals surface area contributed by atoms with E-state index in [2.05, 4.69) is 32.9 Å². The predicted octanol–water partition coefficient (Wildman–Crippen LogP) is 7.41. The first kappa shape index (κ1) is 27.2. The largest absolute Gasteiger partial charge is 0.481 e. The molecule has 0 amide bonds. The Bertz CT molecular complexity index is 722. The van der Waals surface area contributed by atoms with Crippen molar-refractivity contribution in [2.24, 2.45) is 22.7 Å². The van der Waals surface area contributed by atoms with Crippen LogP contribution in [-0.4, -0.2) is 22.2 Å². The van der Waals surface area contributed by atoms with E-state index >= 15 is 0 Å². The van der Waals surface area contributed by atoms with Gasteiger partial charge in [0.25, 0.3) is 0 Å². The van der Waals surface area contributed by atoms with Gasteiger partial charge in [-0.25, -0.2) is 0 Å². The SMILES string of the molecule is CC(C)=CCCC(C)=CCCC1=CCC(CC(C)C)(C(=O)O)C(CC(C)C)(C(=O)O)C1. The van der Waals surface area contributed by atoms with Gasteiger partial charge in [0.2, 0.25) is 0 Å². The Labute approximate surface area is 189 Å². The second kappa shape index (κ2) is 11.7. The van der Waals surface area contributed by atoms with E-state index in [1.54, 1.807) is 0 Å². The molecule has 0 heterocycles. The van der Waals surface area contributed by atoms with Crippen LogP contribution >= 0.6 is 0 Å². The van der Waals surface area contributed by atoms with Gasteiger partial charge < -0.3 is 10.2 Å². The third-order valence-electron chi connectivity index (χ3n) is 6.57. The highest BCUT2D eigenvalue weighted by Gasteiger charge is 2.62. The van der Waals surface area contributed by atoms with Crippen LogP contribution in [0.15, 0.2) is 34.9 Å². The van der Waals surface area contributed by atoms with Gasteiger partial charge in [0.15, 0.2) is 0 Å². The monoisotopic (exact) mass is 432 g/mol. The predicted molar refractivity (Wildman–Crippen MR) is 128 cm³/mol. The molecular weight excluding hydrogens is 388 g/mol. The molecular formula is C27H44O4. The molecule has 4 nitrogen and oxygen atoms in total. The Morgan fingerprint density at radius 1 is 0.935 bits per heavy atom. The van der Waals surface area contributed by atoms with E-state index in [1.807, 2.05) is 33.8 Å². The molecule has 0 aromatic rings. The van der Waals surface area contributed by atoms with E-state index in [-0.39, 0.29) is 11.8 Å². The van der Waals surface area contributed by atoms with Gasteiger partial charge in [-0.05, 0) is 84.0 Å². The van der Waals surface area contributed by atoms with Gasteiger partial charge in [-0.3, -0.25) is 9.59 Å². The second-order valence-corrected chi connectivity index (χ2v) is 10.6. The van der Waals surface area contributed by atoms with Crippen molar-refractivity contribution < 1.29 is 19.8 Å².